The third kappa shape index (κ3) is 5.60. The molecule has 1 amide bonds. The minimum atomic E-state index is -0.919. The van der Waals surface area contributed by atoms with Crippen LogP contribution in [0.15, 0.2) is 54.1 Å². The first-order chi connectivity index (χ1) is 16.2. The molecule has 0 bridgehead atoms. The number of para-hydroxylation sites is 1. The fourth-order valence-corrected chi connectivity index (χ4v) is 3.85. The smallest absolute Gasteiger partial charge is 0.349 e. The summed E-state index contributed by atoms with van der Waals surface area (Å²) in [6, 6.07) is 16.0. The van der Waals surface area contributed by atoms with E-state index in [9.17, 15) is 14.9 Å². The van der Waals surface area contributed by atoms with Crippen LogP contribution in [-0.2, 0) is 14.3 Å². The number of benzene rings is 2. The number of nitriles is 1. The number of amides is 1. The van der Waals surface area contributed by atoms with Gasteiger partial charge in [-0.15, -0.1) is 0 Å². The molecule has 0 saturated heterocycles. The lowest BCUT2D eigenvalue weighted by Gasteiger charge is -2.10. The van der Waals surface area contributed by atoms with Crippen molar-refractivity contribution in [3.05, 3.63) is 81.1 Å². The van der Waals surface area contributed by atoms with E-state index < -0.39 is 18.5 Å². The average Bonchev–Trinajstić information content (AvgIpc) is 3.11. The number of carbonyl (C=O) groups is 2. The third-order valence-corrected chi connectivity index (χ3v) is 5.63. The lowest BCUT2D eigenvalue weighted by Crippen LogP contribution is -2.21. The van der Waals surface area contributed by atoms with Gasteiger partial charge in [-0.3, -0.25) is 4.79 Å². The quantitative estimate of drug-likeness (QED) is 0.264. The fourth-order valence-electron chi connectivity index (χ4n) is 3.36. The molecule has 1 heterocycles. The lowest BCUT2D eigenvalue weighted by atomic mass is 10.1. The zero-order valence-electron chi connectivity index (χ0n) is 18.7. The van der Waals surface area contributed by atoms with Crippen molar-refractivity contribution >= 4 is 46.8 Å². The Hall–Kier alpha value is -3.73. The van der Waals surface area contributed by atoms with Gasteiger partial charge >= 0.3 is 5.97 Å². The van der Waals surface area contributed by atoms with Gasteiger partial charge in [-0.1, -0.05) is 29.3 Å². The standard InChI is InChI=1S/C25H21Cl2N3O4/c1-15-11-17(16(2)30(15)19-7-9-20(33-3)10-8-19)12-18(13-28)25(32)34-14-23(31)29-24-21(26)5-4-6-22(24)27/h4-12H,14H2,1-3H3,(H,29,31)/b18-12+. The summed E-state index contributed by atoms with van der Waals surface area (Å²) < 4.78 is 12.2. The van der Waals surface area contributed by atoms with Crippen LogP contribution in [0.4, 0.5) is 5.69 Å². The number of nitrogens with one attached hydrogen (secondary N) is 1. The van der Waals surface area contributed by atoms with Crippen LogP contribution in [-0.4, -0.2) is 30.2 Å². The summed E-state index contributed by atoms with van der Waals surface area (Å²) >= 11 is 12.0. The first kappa shape index (κ1) is 24.9. The number of esters is 1. The topological polar surface area (TPSA) is 93.3 Å². The van der Waals surface area contributed by atoms with Gasteiger partial charge in [0.25, 0.3) is 5.91 Å². The Morgan fingerprint density at radius 3 is 2.35 bits per heavy atom. The first-order valence-corrected chi connectivity index (χ1v) is 10.9. The normalized spacial score (nSPS) is 11.0. The number of aryl methyl sites for hydroxylation is 1. The van der Waals surface area contributed by atoms with Crippen LogP contribution in [0.25, 0.3) is 11.8 Å². The zero-order chi connectivity index (χ0) is 24.8. The van der Waals surface area contributed by atoms with Crippen molar-refractivity contribution in [1.29, 1.82) is 5.26 Å². The van der Waals surface area contributed by atoms with Crippen LogP contribution in [0, 0.1) is 25.2 Å². The number of hydrogen-bond acceptors (Lipinski definition) is 5. The van der Waals surface area contributed by atoms with Crippen molar-refractivity contribution in [2.45, 2.75) is 13.8 Å². The highest BCUT2D eigenvalue weighted by Gasteiger charge is 2.17. The van der Waals surface area contributed by atoms with Gasteiger partial charge in [0.1, 0.15) is 17.4 Å². The van der Waals surface area contributed by atoms with Crippen LogP contribution >= 0.6 is 23.2 Å². The van der Waals surface area contributed by atoms with Gasteiger partial charge in [-0.25, -0.2) is 4.79 Å². The molecule has 174 valence electrons. The van der Waals surface area contributed by atoms with E-state index in [1.165, 1.54) is 6.08 Å². The SMILES string of the molecule is COc1ccc(-n2c(C)cc(/C=C(\C#N)C(=O)OCC(=O)Nc3c(Cl)cccc3Cl)c2C)cc1. The Bertz CT molecular complexity index is 1280. The predicted octanol–water partition coefficient (Wildman–Crippen LogP) is 5.50. The van der Waals surface area contributed by atoms with Gasteiger partial charge in [-0.2, -0.15) is 5.26 Å². The number of halogens is 2. The zero-order valence-corrected chi connectivity index (χ0v) is 20.2. The second-order valence-corrected chi connectivity index (χ2v) is 8.07. The van der Waals surface area contributed by atoms with Crippen LogP contribution in [0.2, 0.25) is 10.0 Å². The molecule has 0 aliphatic heterocycles. The Morgan fingerprint density at radius 2 is 1.76 bits per heavy atom. The minimum Gasteiger partial charge on any atom is -0.497 e. The third-order valence-electron chi connectivity index (χ3n) is 5.00. The molecule has 0 fully saturated rings. The maximum absolute atomic E-state index is 12.4. The number of aromatic nitrogens is 1. The molecule has 7 nitrogen and oxygen atoms in total. The molecule has 0 aliphatic carbocycles. The Morgan fingerprint density at radius 1 is 1.12 bits per heavy atom. The second-order valence-electron chi connectivity index (χ2n) is 7.25. The van der Waals surface area contributed by atoms with E-state index in [0.29, 0.717) is 5.56 Å². The van der Waals surface area contributed by atoms with E-state index in [4.69, 9.17) is 32.7 Å². The Balaban J connectivity index is 1.74. The summed E-state index contributed by atoms with van der Waals surface area (Å²) in [5.74, 6) is -0.822. The molecule has 0 radical (unpaired) electrons. The monoisotopic (exact) mass is 497 g/mol. The van der Waals surface area contributed by atoms with Gasteiger partial charge in [0.05, 0.1) is 22.8 Å². The van der Waals surface area contributed by atoms with E-state index in [-0.39, 0.29) is 21.3 Å². The Kier molecular flexibility index (Phi) is 8.00. The van der Waals surface area contributed by atoms with E-state index in [0.717, 1.165) is 22.8 Å². The molecule has 9 heteroatoms. The number of nitrogens with zero attached hydrogens (tertiary/aromatic N) is 2. The van der Waals surface area contributed by atoms with E-state index in [1.807, 2.05) is 54.8 Å². The second kappa shape index (κ2) is 10.9. The molecule has 1 N–H and O–H groups in total. The highest BCUT2D eigenvalue weighted by molar-refractivity contribution is 6.39. The van der Waals surface area contributed by atoms with E-state index in [2.05, 4.69) is 5.32 Å². The minimum absolute atomic E-state index is 0.217. The number of anilines is 1. The van der Waals surface area contributed by atoms with Crippen LogP contribution in [0.5, 0.6) is 5.75 Å². The summed E-state index contributed by atoms with van der Waals surface area (Å²) in [7, 11) is 1.60. The van der Waals surface area contributed by atoms with E-state index in [1.54, 1.807) is 25.3 Å². The predicted molar refractivity (Wildman–Crippen MR) is 131 cm³/mol. The largest absolute Gasteiger partial charge is 0.497 e. The van der Waals surface area contributed by atoms with Gasteiger partial charge in [0.2, 0.25) is 0 Å². The summed E-state index contributed by atoms with van der Waals surface area (Å²) in [4.78, 5) is 24.6. The molecule has 0 spiro atoms. The number of ether oxygens (including phenoxy) is 2. The van der Waals surface area contributed by atoms with Crippen LogP contribution in [0.3, 0.4) is 0 Å². The molecular formula is C25H21Cl2N3O4. The van der Waals surface area contributed by atoms with Gasteiger partial charge < -0.3 is 19.4 Å². The average molecular weight is 498 g/mol. The fraction of sp³-hybridized carbons (Fsp3) is 0.160. The lowest BCUT2D eigenvalue weighted by molar-refractivity contribution is -0.142. The summed E-state index contributed by atoms with van der Waals surface area (Å²) in [5.41, 5.74) is 3.30. The molecule has 3 rings (SSSR count). The van der Waals surface area contributed by atoms with Gasteiger partial charge in [-0.05, 0) is 68.0 Å². The van der Waals surface area contributed by atoms with Crippen molar-refractivity contribution in [1.82, 2.24) is 4.57 Å². The highest BCUT2D eigenvalue weighted by atomic mass is 35.5. The van der Waals surface area contributed by atoms with Crippen molar-refractivity contribution < 1.29 is 19.1 Å². The molecule has 34 heavy (non-hydrogen) atoms. The Labute approximate surface area is 207 Å². The van der Waals surface area contributed by atoms with Gasteiger partial charge in [0.15, 0.2) is 6.61 Å². The molecule has 1 aromatic heterocycles. The van der Waals surface area contributed by atoms with Crippen LogP contribution in [0.1, 0.15) is 17.0 Å². The van der Waals surface area contributed by atoms with Crippen LogP contribution < -0.4 is 10.1 Å². The van der Waals surface area contributed by atoms with Crippen molar-refractivity contribution in [3.8, 4) is 17.5 Å². The molecule has 0 saturated carbocycles. The maximum Gasteiger partial charge on any atom is 0.349 e. The number of carbonyl (C=O) groups excluding carboxylic acids is 2. The summed E-state index contributed by atoms with van der Waals surface area (Å²) in [5, 5.41) is 12.5. The molecule has 2 aromatic carbocycles. The van der Waals surface area contributed by atoms with Crippen molar-refractivity contribution in [3.63, 3.8) is 0 Å². The molecule has 3 aromatic rings. The summed E-state index contributed by atoms with van der Waals surface area (Å²) in [6.45, 7) is 3.19. The first-order valence-electron chi connectivity index (χ1n) is 10.1. The van der Waals surface area contributed by atoms with Gasteiger partial charge in [0, 0.05) is 17.1 Å². The number of rotatable bonds is 7. The van der Waals surface area contributed by atoms with Crippen molar-refractivity contribution in [2.24, 2.45) is 0 Å². The number of hydrogen-bond donors (Lipinski definition) is 1. The van der Waals surface area contributed by atoms with E-state index >= 15 is 0 Å². The molecular weight excluding hydrogens is 477 g/mol. The summed E-state index contributed by atoms with van der Waals surface area (Å²) in [6.07, 6.45) is 1.44. The van der Waals surface area contributed by atoms with Crippen molar-refractivity contribution in [2.75, 3.05) is 19.0 Å². The highest BCUT2D eigenvalue weighted by Crippen LogP contribution is 2.29. The molecule has 0 aliphatic rings. The maximum atomic E-state index is 12.4. The molecule has 0 unspecified atom stereocenters. The molecule has 0 atom stereocenters. The number of methoxy groups -OCH3 is 1.